The Kier molecular flexibility index (Phi) is 19.1. The molecule has 0 aliphatic rings. The minimum absolute atomic E-state index is 0. The zero-order valence-corrected chi connectivity index (χ0v) is 37.0. The van der Waals surface area contributed by atoms with Gasteiger partial charge in [-0.15, -0.1) is 18.0 Å². The van der Waals surface area contributed by atoms with Gasteiger partial charge in [-0.1, -0.05) is 159 Å². The van der Waals surface area contributed by atoms with Gasteiger partial charge in [0, 0.05) is 25.0 Å². The minimum atomic E-state index is -0.417. The Labute approximate surface area is 330 Å². The monoisotopic (exact) mass is 776 g/mol. The molecule has 0 N–H and O–H groups in total. The van der Waals surface area contributed by atoms with E-state index in [1.165, 1.54) is 5.56 Å². The molecule has 0 heterocycles. The minimum Gasteiger partial charge on any atom is -0.872 e. The molecule has 0 bridgehead atoms. The van der Waals surface area contributed by atoms with Crippen LogP contribution in [0.15, 0.2) is 59.6 Å². The van der Waals surface area contributed by atoms with Gasteiger partial charge in [-0.3, -0.25) is 4.99 Å². The van der Waals surface area contributed by atoms with Crippen LogP contribution in [0, 0.1) is 0 Å². The molecule has 280 valence electrons. The van der Waals surface area contributed by atoms with Crippen LogP contribution in [0.4, 0.5) is 5.69 Å². The Morgan fingerprint density at radius 2 is 1.04 bits per heavy atom. The van der Waals surface area contributed by atoms with Crippen molar-refractivity contribution in [2.75, 3.05) is 18.0 Å². The predicted octanol–water partition coefficient (Wildman–Crippen LogP) is 7.66. The third-order valence-electron chi connectivity index (χ3n) is 7.84. The largest absolute Gasteiger partial charge is 4.00 e. The number of hydrogen-bond donors (Lipinski definition) is 0. The summed E-state index contributed by atoms with van der Waals surface area (Å²) in [6.07, 6.45) is 0.910. The molecule has 0 amide bonds. The standard InChI is InChI=1S/C38H54N2O2.2C3H7O.Zr/c1-35(2,3)28-20-26(33(41)31(22-28)37(7,8)9)24-39-18-19-40(30-16-14-13-15-17-30)25-27-21-29(36(4,5)6)23-32(34(27)42)38(10,11)12;2*1-3(2)4;/h13-17,20-24,41-42H,18-19,25H2,1-12H3;2*3H,1-2H3;/q;2*-1;+4/p-2. The van der Waals surface area contributed by atoms with Gasteiger partial charge in [-0.2, -0.15) is 0 Å². The first-order valence-corrected chi connectivity index (χ1v) is 18.0. The van der Waals surface area contributed by atoms with Gasteiger partial charge >= 0.3 is 26.2 Å². The van der Waals surface area contributed by atoms with Crippen molar-refractivity contribution >= 4 is 11.9 Å². The van der Waals surface area contributed by atoms with Crippen molar-refractivity contribution < 1.29 is 46.6 Å². The SMILES string of the molecule is CC(C)(C)c1cc(C=NCCN(Cc2cc(C(C)(C)C)cc(C(C)(C)C)c2[O-])c2ccccc2)c([O-])c(C(C)(C)C)c1.CC(C)[O-].CC(C)[O-].[Zr+4]. The molecular weight excluding hydrogens is 712 g/mol. The van der Waals surface area contributed by atoms with Gasteiger partial charge in [-0.05, 0) is 67.2 Å². The summed E-state index contributed by atoms with van der Waals surface area (Å²) in [4.78, 5) is 6.97. The van der Waals surface area contributed by atoms with Crippen LogP contribution in [0.2, 0.25) is 0 Å². The summed E-state index contributed by atoms with van der Waals surface area (Å²) in [5.41, 5.74) is 5.79. The Bertz CT molecular complexity index is 1490. The quantitative estimate of drug-likeness (QED) is 0.229. The van der Waals surface area contributed by atoms with E-state index in [0.717, 1.165) is 27.9 Å². The molecule has 51 heavy (non-hydrogen) atoms. The van der Waals surface area contributed by atoms with Crippen molar-refractivity contribution in [1.29, 1.82) is 0 Å². The summed E-state index contributed by atoms with van der Waals surface area (Å²) in [6, 6.07) is 18.4. The average molecular weight is 778 g/mol. The summed E-state index contributed by atoms with van der Waals surface area (Å²) < 4.78 is 0. The van der Waals surface area contributed by atoms with E-state index >= 15 is 0 Å². The molecule has 3 aromatic rings. The van der Waals surface area contributed by atoms with Gasteiger partial charge in [0.1, 0.15) is 0 Å². The Morgan fingerprint density at radius 3 is 1.45 bits per heavy atom. The fourth-order valence-electron chi connectivity index (χ4n) is 5.02. The maximum absolute atomic E-state index is 13.7. The first-order chi connectivity index (χ1) is 22.7. The first-order valence-electron chi connectivity index (χ1n) is 18.0. The zero-order valence-electron chi connectivity index (χ0n) is 34.6. The normalized spacial score (nSPS) is 12.2. The van der Waals surface area contributed by atoms with E-state index in [1.807, 2.05) is 24.3 Å². The van der Waals surface area contributed by atoms with E-state index in [4.69, 9.17) is 4.99 Å². The summed E-state index contributed by atoms with van der Waals surface area (Å²) in [6.45, 7) is 33.7. The molecule has 0 spiro atoms. The summed E-state index contributed by atoms with van der Waals surface area (Å²) in [5, 5.41) is 46.2. The van der Waals surface area contributed by atoms with Crippen LogP contribution in [0.5, 0.6) is 11.5 Å². The van der Waals surface area contributed by atoms with E-state index < -0.39 is 12.2 Å². The average Bonchev–Trinajstić information content (AvgIpc) is 2.93. The van der Waals surface area contributed by atoms with Crippen molar-refractivity contribution in [3.8, 4) is 11.5 Å². The van der Waals surface area contributed by atoms with Gasteiger partial charge in [0.25, 0.3) is 0 Å². The van der Waals surface area contributed by atoms with Crippen molar-refractivity contribution in [1.82, 2.24) is 0 Å². The molecule has 7 heteroatoms. The Morgan fingerprint density at radius 1 is 0.627 bits per heavy atom. The third-order valence-corrected chi connectivity index (χ3v) is 7.84. The van der Waals surface area contributed by atoms with Gasteiger partial charge in [0.05, 0.1) is 6.54 Å². The van der Waals surface area contributed by atoms with Crippen LogP contribution in [0.25, 0.3) is 0 Å². The number of nitrogens with zero attached hydrogens (tertiary/aromatic N) is 2. The molecule has 0 atom stereocenters. The number of benzene rings is 3. The van der Waals surface area contributed by atoms with E-state index in [0.29, 0.717) is 25.2 Å². The molecule has 0 saturated heterocycles. The predicted molar refractivity (Wildman–Crippen MR) is 207 cm³/mol. The second-order valence-corrected chi connectivity index (χ2v) is 17.8. The maximum atomic E-state index is 13.7. The molecule has 0 aromatic heterocycles. The molecule has 0 aliphatic carbocycles. The van der Waals surface area contributed by atoms with Crippen molar-refractivity contribution in [3.05, 3.63) is 88.0 Å². The third kappa shape index (κ3) is 16.8. The molecule has 6 nitrogen and oxygen atoms in total. The van der Waals surface area contributed by atoms with Gasteiger partial charge < -0.3 is 25.3 Å². The van der Waals surface area contributed by atoms with Crippen LogP contribution in [-0.2, 0) is 54.4 Å². The fourth-order valence-corrected chi connectivity index (χ4v) is 5.02. The molecule has 0 fully saturated rings. The molecule has 0 unspecified atom stereocenters. The van der Waals surface area contributed by atoms with E-state index in [-0.39, 0.29) is 59.4 Å². The van der Waals surface area contributed by atoms with E-state index in [2.05, 4.69) is 118 Å². The number of rotatable bonds is 7. The van der Waals surface area contributed by atoms with Gasteiger partial charge in [0.15, 0.2) is 0 Å². The first kappa shape index (κ1) is 48.5. The summed E-state index contributed by atoms with van der Waals surface area (Å²) in [7, 11) is 0. The van der Waals surface area contributed by atoms with Crippen LogP contribution in [-0.4, -0.2) is 31.5 Å². The Balaban J connectivity index is 0.00000251. The van der Waals surface area contributed by atoms with Crippen molar-refractivity contribution in [2.45, 2.75) is 151 Å². The summed E-state index contributed by atoms with van der Waals surface area (Å²) >= 11 is 0. The van der Waals surface area contributed by atoms with Gasteiger partial charge in [-0.25, -0.2) is 0 Å². The Hall–Kier alpha value is -2.47. The zero-order chi connectivity index (χ0) is 38.8. The summed E-state index contributed by atoms with van der Waals surface area (Å²) in [5.74, 6) is 0.161. The van der Waals surface area contributed by atoms with E-state index in [1.54, 1.807) is 33.9 Å². The van der Waals surface area contributed by atoms with Crippen molar-refractivity contribution in [3.63, 3.8) is 0 Å². The molecule has 0 radical (unpaired) electrons. The number of para-hydroxylation sites is 1. The fraction of sp³-hybridized carbons (Fsp3) is 0.568. The molecule has 0 saturated carbocycles. The van der Waals surface area contributed by atoms with Crippen LogP contribution in [0.3, 0.4) is 0 Å². The van der Waals surface area contributed by atoms with Crippen molar-refractivity contribution in [2.24, 2.45) is 4.99 Å². The number of hydrogen-bond acceptors (Lipinski definition) is 6. The van der Waals surface area contributed by atoms with Crippen LogP contribution in [0.1, 0.15) is 144 Å². The van der Waals surface area contributed by atoms with Gasteiger partial charge in [0.2, 0.25) is 0 Å². The van der Waals surface area contributed by atoms with Crippen LogP contribution < -0.4 is 25.3 Å². The van der Waals surface area contributed by atoms with E-state index in [9.17, 15) is 20.4 Å². The smallest absolute Gasteiger partial charge is 0.872 e. The molecule has 0 aliphatic heterocycles. The molecule has 3 rings (SSSR count). The molecule has 3 aromatic carbocycles. The number of anilines is 1. The second kappa shape index (κ2) is 20.1. The maximum Gasteiger partial charge on any atom is 4.00 e. The number of aliphatic imine (C=N–C) groups is 1. The second-order valence-electron chi connectivity index (χ2n) is 17.8. The molecular formula is C44H66N2O4Zr. The van der Waals surface area contributed by atoms with Crippen LogP contribution >= 0.6 is 0 Å². The topological polar surface area (TPSA) is 108 Å².